The highest BCUT2D eigenvalue weighted by atomic mass is 35.5. The number of ketones is 2. The van der Waals surface area contributed by atoms with Crippen molar-refractivity contribution >= 4 is 34.8 Å². The van der Waals surface area contributed by atoms with Crippen molar-refractivity contribution in [2.75, 3.05) is 7.05 Å². The summed E-state index contributed by atoms with van der Waals surface area (Å²) in [6.07, 6.45) is 0.00184. The van der Waals surface area contributed by atoms with Crippen LogP contribution in [0.15, 0.2) is 53.7 Å². The smallest absolute Gasteiger partial charge is 0.275 e. The molecule has 2 aromatic carbocycles. The number of allylic oxidation sites excluding steroid dienone is 1. The molecular formula is C21H19Cl2N2O3+. The first-order valence-corrected chi connectivity index (χ1v) is 9.48. The number of hydrogen-bond donors (Lipinski definition) is 0. The third-order valence-electron chi connectivity index (χ3n) is 5.03. The highest BCUT2D eigenvalue weighted by Crippen LogP contribution is 2.34. The van der Waals surface area contributed by atoms with Gasteiger partial charge in [-0.25, -0.2) is 0 Å². The van der Waals surface area contributed by atoms with Gasteiger partial charge < -0.3 is 0 Å². The zero-order chi connectivity index (χ0) is 20.6. The summed E-state index contributed by atoms with van der Waals surface area (Å²) in [5.74, 6) is -0.525. The number of hydrazine groups is 1. The molecule has 0 aliphatic carbocycles. The number of nitrogens with zero attached hydrogens (tertiary/aromatic N) is 2. The first kappa shape index (κ1) is 20.2. The van der Waals surface area contributed by atoms with E-state index in [1.807, 2.05) is 6.07 Å². The van der Waals surface area contributed by atoms with Crippen LogP contribution in [0, 0.1) is 11.8 Å². The van der Waals surface area contributed by atoms with Crippen LogP contribution in [0.2, 0.25) is 10.0 Å². The lowest BCUT2D eigenvalue weighted by atomic mass is 9.91. The second-order valence-corrected chi connectivity index (χ2v) is 7.50. The van der Waals surface area contributed by atoms with Gasteiger partial charge in [-0.1, -0.05) is 53.5 Å². The van der Waals surface area contributed by atoms with E-state index in [4.69, 9.17) is 23.2 Å². The Labute approximate surface area is 173 Å². The molecule has 144 valence electrons. The average molecular weight is 418 g/mol. The van der Waals surface area contributed by atoms with Gasteiger partial charge in [-0.05, 0) is 24.6 Å². The lowest BCUT2D eigenvalue weighted by Gasteiger charge is -2.16. The van der Waals surface area contributed by atoms with E-state index in [2.05, 4.69) is 0 Å². The second kappa shape index (κ2) is 7.86. The lowest BCUT2D eigenvalue weighted by Crippen LogP contribution is -2.35. The molecule has 28 heavy (non-hydrogen) atoms. The first-order chi connectivity index (χ1) is 13.2. The number of carbonyl (C=O) groups is 2. The van der Waals surface area contributed by atoms with Crippen molar-refractivity contribution in [3.63, 3.8) is 0 Å². The Balaban J connectivity index is 1.99. The van der Waals surface area contributed by atoms with Gasteiger partial charge in [0.05, 0.1) is 17.0 Å². The van der Waals surface area contributed by atoms with E-state index in [-0.39, 0.29) is 39.8 Å². The van der Waals surface area contributed by atoms with Crippen LogP contribution in [-0.4, -0.2) is 34.5 Å². The molecule has 1 atom stereocenters. The third-order valence-corrected chi connectivity index (χ3v) is 5.93. The van der Waals surface area contributed by atoms with E-state index in [9.17, 15) is 14.5 Å². The van der Waals surface area contributed by atoms with Crippen molar-refractivity contribution in [2.24, 2.45) is 0 Å². The van der Waals surface area contributed by atoms with Crippen molar-refractivity contribution in [3.05, 3.63) is 85.4 Å². The predicted octanol–water partition coefficient (Wildman–Crippen LogP) is 5.04. The molecule has 3 rings (SSSR count). The first-order valence-electron chi connectivity index (χ1n) is 8.72. The van der Waals surface area contributed by atoms with Gasteiger partial charge in [-0.15, -0.1) is 5.01 Å². The highest BCUT2D eigenvalue weighted by Gasteiger charge is 2.47. The minimum atomic E-state index is -0.676. The standard InChI is InChI=1S/C21H19Cl2N2O3/c1-12-16(22)10-9-15(20(12)23)21(27)19-13(2)25(28)24(3)17(19)11-18(26)14-7-5-4-6-8-14/h4-10,17H,11H2,1-3H3/q+1. The zero-order valence-corrected chi connectivity index (χ0v) is 17.2. The number of nitroso groups, excluding NO2 is 1. The number of hydrogen-bond acceptors (Lipinski definition) is 3. The van der Waals surface area contributed by atoms with Crippen molar-refractivity contribution < 1.29 is 14.5 Å². The van der Waals surface area contributed by atoms with Gasteiger partial charge in [0, 0.05) is 29.5 Å². The number of benzene rings is 2. The number of Topliss-reactive ketones (excluding diaryl/α,β-unsaturated/α-hetero) is 2. The molecule has 5 nitrogen and oxygen atoms in total. The molecule has 0 N–H and O–H groups in total. The summed E-state index contributed by atoms with van der Waals surface area (Å²) in [6, 6.07) is 11.3. The Morgan fingerprint density at radius 1 is 1.07 bits per heavy atom. The van der Waals surface area contributed by atoms with Crippen LogP contribution in [0.4, 0.5) is 0 Å². The van der Waals surface area contributed by atoms with Crippen LogP contribution >= 0.6 is 23.2 Å². The minimum absolute atomic E-state index is 0.00184. The van der Waals surface area contributed by atoms with E-state index in [0.717, 1.165) is 0 Å². The highest BCUT2D eigenvalue weighted by molar-refractivity contribution is 6.38. The molecule has 1 unspecified atom stereocenters. The van der Waals surface area contributed by atoms with Gasteiger partial charge >= 0.3 is 0 Å². The Hall–Kier alpha value is -2.50. The Morgan fingerprint density at radius 3 is 2.36 bits per heavy atom. The molecular weight excluding hydrogens is 399 g/mol. The normalized spacial score (nSPS) is 16.7. The topological polar surface area (TPSA) is 57.5 Å². The fourth-order valence-corrected chi connectivity index (χ4v) is 3.80. The van der Waals surface area contributed by atoms with Gasteiger partial charge in [0.25, 0.3) is 5.70 Å². The predicted molar refractivity (Wildman–Crippen MR) is 109 cm³/mol. The SMILES string of the molecule is CC1=C(C(=O)c2ccc(Cl)c(C)c2Cl)C(CC(=O)c2ccccc2)N(C)[N+]1=O. The molecule has 0 saturated carbocycles. The lowest BCUT2D eigenvalue weighted by molar-refractivity contribution is -0.656. The summed E-state index contributed by atoms with van der Waals surface area (Å²) in [5.41, 5.74) is 1.91. The molecule has 0 aromatic heterocycles. The second-order valence-electron chi connectivity index (χ2n) is 6.72. The van der Waals surface area contributed by atoms with E-state index in [1.54, 1.807) is 57.3 Å². The summed E-state index contributed by atoms with van der Waals surface area (Å²) in [4.78, 5) is 39.1. The summed E-state index contributed by atoms with van der Waals surface area (Å²) >= 11 is 12.4. The van der Waals surface area contributed by atoms with Gasteiger partial charge in [0.1, 0.15) is 11.6 Å². The maximum Gasteiger partial charge on any atom is 0.275 e. The number of rotatable bonds is 5. The zero-order valence-electron chi connectivity index (χ0n) is 15.7. The molecule has 0 bridgehead atoms. The molecule has 0 saturated heterocycles. The maximum atomic E-state index is 13.3. The monoisotopic (exact) mass is 417 g/mol. The molecule has 0 radical (unpaired) electrons. The van der Waals surface area contributed by atoms with Gasteiger partial charge in [-0.3, -0.25) is 9.59 Å². The molecule has 0 spiro atoms. The van der Waals surface area contributed by atoms with E-state index in [1.165, 1.54) is 5.01 Å². The van der Waals surface area contributed by atoms with Crippen LogP contribution < -0.4 is 0 Å². The molecule has 0 amide bonds. The molecule has 7 heteroatoms. The molecule has 1 aliphatic rings. The largest absolute Gasteiger partial charge is 0.294 e. The summed E-state index contributed by atoms with van der Waals surface area (Å²) in [5, 5.41) is 2.06. The molecule has 2 aromatic rings. The minimum Gasteiger partial charge on any atom is -0.294 e. The Bertz CT molecular complexity index is 1020. The Morgan fingerprint density at radius 2 is 1.71 bits per heavy atom. The van der Waals surface area contributed by atoms with Crippen LogP contribution in [0.25, 0.3) is 0 Å². The number of halogens is 2. The fraction of sp³-hybridized carbons (Fsp3) is 0.238. The number of likely N-dealkylation sites (N-methyl/N-ethyl adjacent to an activating group) is 1. The van der Waals surface area contributed by atoms with Crippen LogP contribution in [-0.2, 0) is 0 Å². The van der Waals surface area contributed by atoms with Crippen molar-refractivity contribution in [3.8, 4) is 0 Å². The Kier molecular flexibility index (Phi) is 5.68. The number of carbonyl (C=O) groups excluding carboxylic acids is 2. The van der Waals surface area contributed by atoms with E-state index >= 15 is 0 Å². The van der Waals surface area contributed by atoms with E-state index < -0.39 is 6.04 Å². The van der Waals surface area contributed by atoms with Crippen molar-refractivity contribution in [1.29, 1.82) is 0 Å². The molecule has 1 heterocycles. The third kappa shape index (κ3) is 3.48. The van der Waals surface area contributed by atoms with Crippen LogP contribution in [0.1, 0.15) is 39.6 Å². The van der Waals surface area contributed by atoms with Crippen molar-refractivity contribution in [1.82, 2.24) is 5.01 Å². The quantitative estimate of drug-likeness (QED) is 0.504. The maximum absolute atomic E-state index is 13.3. The summed E-state index contributed by atoms with van der Waals surface area (Å²) in [7, 11) is 1.56. The van der Waals surface area contributed by atoms with Gasteiger partial charge in [0.2, 0.25) is 0 Å². The van der Waals surface area contributed by atoms with Crippen LogP contribution in [0.5, 0.6) is 0 Å². The molecule has 0 fully saturated rings. The summed E-state index contributed by atoms with van der Waals surface area (Å²) < 4.78 is 0. The fourth-order valence-electron chi connectivity index (χ4n) is 3.34. The molecule has 1 aliphatic heterocycles. The summed E-state index contributed by atoms with van der Waals surface area (Å²) in [6.45, 7) is 3.29. The van der Waals surface area contributed by atoms with Gasteiger partial charge in [-0.2, -0.15) is 0 Å². The van der Waals surface area contributed by atoms with Crippen LogP contribution in [0.3, 0.4) is 0 Å². The van der Waals surface area contributed by atoms with Crippen molar-refractivity contribution in [2.45, 2.75) is 26.3 Å². The van der Waals surface area contributed by atoms with E-state index in [0.29, 0.717) is 21.0 Å². The van der Waals surface area contributed by atoms with Gasteiger partial charge in [0.15, 0.2) is 16.4 Å². The average Bonchev–Trinajstić information content (AvgIpc) is 2.90.